The molecular formula is C12H19NS. The molecule has 1 nitrogen and oxygen atoms in total. The molecule has 0 aliphatic carbocycles. The second-order valence-electron chi connectivity index (χ2n) is 3.79. The van der Waals surface area contributed by atoms with Crippen LogP contribution in [0.15, 0.2) is 18.3 Å². The molecule has 1 heterocycles. The molecule has 1 rings (SSSR count). The summed E-state index contributed by atoms with van der Waals surface area (Å²) in [7, 11) is 0. The van der Waals surface area contributed by atoms with Crippen molar-refractivity contribution in [3.8, 4) is 0 Å². The molecule has 14 heavy (non-hydrogen) atoms. The Morgan fingerprint density at radius 1 is 1.43 bits per heavy atom. The zero-order valence-corrected chi connectivity index (χ0v) is 10.3. The van der Waals surface area contributed by atoms with Crippen molar-refractivity contribution in [3.05, 3.63) is 29.6 Å². The van der Waals surface area contributed by atoms with Gasteiger partial charge in [-0.05, 0) is 30.2 Å². The van der Waals surface area contributed by atoms with Gasteiger partial charge in [-0.3, -0.25) is 4.98 Å². The normalized spacial score (nSPS) is 13.2. The minimum absolute atomic E-state index is 0.582. The lowest BCUT2D eigenvalue weighted by Crippen LogP contribution is -2.06. The van der Waals surface area contributed by atoms with Gasteiger partial charge in [0.15, 0.2) is 0 Å². The molecule has 0 bridgehead atoms. The van der Waals surface area contributed by atoms with Gasteiger partial charge in [-0.1, -0.05) is 26.8 Å². The van der Waals surface area contributed by atoms with Crippen molar-refractivity contribution < 1.29 is 0 Å². The van der Waals surface area contributed by atoms with Crippen molar-refractivity contribution in [2.24, 2.45) is 5.92 Å². The molecule has 1 aromatic rings. The zero-order valence-electron chi connectivity index (χ0n) is 9.45. The van der Waals surface area contributed by atoms with Crippen LogP contribution in [0.25, 0.3) is 0 Å². The molecule has 0 fully saturated rings. The fourth-order valence-electron chi connectivity index (χ4n) is 1.76. The molecule has 1 aromatic heterocycles. The van der Waals surface area contributed by atoms with Gasteiger partial charge < -0.3 is 0 Å². The van der Waals surface area contributed by atoms with Gasteiger partial charge in [-0.25, -0.2) is 0 Å². The van der Waals surface area contributed by atoms with E-state index in [0.717, 1.165) is 6.42 Å². The molecule has 1 unspecified atom stereocenters. The van der Waals surface area contributed by atoms with E-state index >= 15 is 0 Å². The molecule has 0 spiro atoms. The highest BCUT2D eigenvalue weighted by molar-refractivity contribution is 7.98. The second-order valence-corrected chi connectivity index (χ2v) is 4.77. The highest BCUT2D eigenvalue weighted by atomic mass is 32.2. The fraction of sp³-hybridized carbons (Fsp3) is 0.583. The number of hydrogen-bond acceptors (Lipinski definition) is 2. The summed E-state index contributed by atoms with van der Waals surface area (Å²) in [6.45, 7) is 6.71. The predicted octanol–water partition coefficient (Wildman–Crippen LogP) is 3.70. The van der Waals surface area contributed by atoms with Gasteiger partial charge in [0.25, 0.3) is 0 Å². The van der Waals surface area contributed by atoms with Crippen LogP contribution >= 0.6 is 11.8 Å². The summed E-state index contributed by atoms with van der Waals surface area (Å²) in [6, 6.07) is 4.26. The van der Waals surface area contributed by atoms with Gasteiger partial charge in [-0.15, -0.1) is 0 Å². The SMILES string of the molecule is CCc1ncccc1C(SC)C(C)C. The number of pyridine rings is 1. The maximum absolute atomic E-state index is 4.44. The van der Waals surface area contributed by atoms with Crippen LogP contribution in [0.5, 0.6) is 0 Å². The Morgan fingerprint density at radius 3 is 2.64 bits per heavy atom. The Labute approximate surface area is 91.3 Å². The first-order valence-electron chi connectivity index (χ1n) is 5.17. The van der Waals surface area contributed by atoms with E-state index in [1.807, 2.05) is 24.0 Å². The number of aromatic nitrogens is 1. The van der Waals surface area contributed by atoms with Crippen LogP contribution in [0, 0.1) is 5.92 Å². The van der Waals surface area contributed by atoms with E-state index in [-0.39, 0.29) is 0 Å². The quantitative estimate of drug-likeness (QED) is 0.750. The van der Waals surface area contributed by atoms with E-state index in [4.69, 9.17) is 0 Å². The third-order valence-corrected chi connectivity index (χ3v) is 3.73. The summed E-state index contributed by atoms with van der Waals surface area (Å²) >= 11 is 1.92. The Hall–Kier alpha value is -0.500. The van der Waals surface area contributed by atoms with Crippen LogP contribution in [-0.4, -0.2) is 11.2 Å². The van der Waals surface area contributed by atoms with Gasteiger partial charge in [0, 0.05) is 17.1 Å². The van der Waals surface area contributed by atoms with Crippen LogP contribution in [-0.2, 0) is 6.42 Å². The maximum Gasteiger partial charge on any atom is 0.0444 e. The average Bonchev–Trinajstić information content (AvgIpc) is 2.19. The van der Waals surface area contributed by atoms with E-state index in [1.54, 1.807) is 0 Å². The van der Waals surface area contributed by atoms with E-state index < -0.39 is 0 Å². The number of nitrogens with zero attached hydrogens (tertiary/aromatic N) is 1. The molecule has 0 radical (unpaired) electrons. The Kier molecular flexibility index (Phi) is 4.46. The first kappa shape index (κ1) is 11.6. The number of aryl methyl sites for hydroxylation is 1. The Bertz CT molecular complexity index is 283. The summed E-state index contributed by atoms with van der Waals surface area (Å²) in [5.41, 5.74) is 2.66. The predicted molar refractivity (Wildman–Crippen MR) is 64.7 cm³/mol. The lowest BCUT2D eigenvalue weighted by molar-refractivity contribution is 0.626. The van der Waals surface area contributed by atoms with Crippen molar-refractivity contribution in [2.75, 3.05) is 6.26 Å². The third kappa shape index (κ3) is 2.50. The van der Waals surface area contributed by atoms with Crippen molar-refractivity contribution in [2.45, 2.75) is 32.4 Å². The standard InChI is InChI=1S/C12H19NS/c1-5-11-10(7-6-8-13-11)12(14-4)9(2)3/h6-9,12H,5H2,1-4H3. The molecule has 0 saturated heterocycles. The topological polar surface area (TPSA) is 12.9 Å². The van der Waals surface area contributed by atoms with Gasteiger partial charge in [0.1, 0.15) is 0 Å². The summed E-state index contributed by atoms with van der Waals surface area (Å²) < 4.78 is 0. The highest BCUT2D eigenvalue weighted by Crippen LogP contribution is 2.35. The minimum Gasteiger partial charge on any atom is -0.261 e. The van der Waals surface area contributed by atoms with E-state index in [1.165, 1.54) is 11.3 Å². The molecular weight excluding hydrogens is 190 g/mol. The summed E-state index contributed by atoms with van der Waals surface area (Å²) in [4.78, 5) is 4.44. The van der Waals surface area contributed by atoms with Crippen LogP contribution < -0.4 is 0 Å². The maximum atomic E-state index is 4.44. The van der Waals surface area contributed by atoms with E-state index in [2.05, 4.69) is 38.1 Å². The van der Waals surface area contributed by atoms with Crippen LogP contribution in [0.2, 0.25) is 0 Å². The molecule has 0 saturated carbocycles. The van der Waals surface area contributed by atoms with Gasteiger partial charge >= 0.3 is 0 Å². The second kappa shape index (κ2) is 5.40. The molecule has 2 heteroatoms. The average molecular weight is 209 g/mol. The summed E-state index contributed by atoms with van der Waals surface area (Å²) in [5.74, 6) is 0.666. The molecule has 0 N–H and O–H groups in total. The lowest BCUT2D eigenvalue weighted by Gasteiger charge is -2.20. The minimum atomic E-state index is 0.582. The van der Waals surface area contributed by atoms with Gasteiger partial charge in [0.2, 0.25) is 0 Å². The molecule has 0 aliphatic rings. The first-order chi connectivity index (χ1) is 6.70. The molecule has 0 amide bonds. The number of rotatable bonds is 4. The van der Waals surface area contributed by atoms with Crippen molar-refractivity contribution in [1.82, 2.24) is 4.98 Å². The fourth-order valence-corrected chi connectivity index (χ4v) is 2.78. The van der Waals surface area contributed by atoms with Crippen molar-refractivity contribution in [1.29, 1.82) is 0 Å². The third-order valence-electron chi connectivity index (χ3n) is 2.43. The summed E-state index contributed by atoms with van der Waals surface area (Å²) in [6.07, 6.45) is 5.09. The first-order valence-corrected chi connectivity index (χ1v) is 6.46. The van der Waals surface area contributed by atoms with Crippen molar-refractivity contribution in [3.63, 3.8) is 0 Å². The number of hydrogen-bond donors (Lipinski definition) is 0. The molecule has 78 valence electrons. The lowest BCUT2D eigenvalue weighted by atomic mass is 10.00. The zero-order chi connectivity index (χ0) is 10.6. The Morgan fingerprint density at radius 2 is 2.14 bits per heavy atom. The van der Waals surface area contributed by atoms with Gasteiger partial charge in [0.05, 0.1) is 0 Å². The van der Waals surface area contributed by atoms with Crippen LogP contribution in [0.3, 0.4) is 0 Å². The monoisotopic (exact) mass is 209 g/mol. The van der Waals surface area contributed by atoms with E-state index in [9.17, 15) is 0 Å². The van der Waals surface area contributed by atoms with Gasteiger partial charge in [-0.2, -0.15) is 11.8 Å². The number of thioether (sulfide) groups is 1. The Balaban J connectivity index is 3.02. The summed E-state index contributed by atoms with van der Waals surface area (Å²) in [5, 5.41) is 0.582. The van der Waals surface area contributed by atoms with Crippen molar-refractivity contribution >= 4 is 11.8 Å². The van der Waals surface area contributed by atoms with Crippen LogP contribution in [0.1, 0.15) is 37.3 Å². The molecule has 0 aliphatic heterocycles. The highest BCUT2D eigenvalue weighted by Gasteiger charge is 2.17. The smallest absolute Gasteiger partial charge is 0.0444 e. The largest absolute Gasteiger partial charge is 0.261 e. The van der Waals surface area contributed by atoms with Crippen LogP contribution in [0.4, 0.5) is 0 Å². The molecule has 1 atom stereocenters. The molecule has 0 aromatic carbocycles. The van der Waals surface area contributed by atoms with E-state index in [0.29, 0.717) is 11.2 Å².